The van der Waals surface area contributed by atoms with E-state index < -0.39 is 11.8 Å². The van der Waals surface area contributed by atoms with Crippen molar-refractivity contribution in [2.24, 2.45) is 10.3 Å². The molecule has 0 saturated heterocycles. The van der Waals surface area contributed by atoms with Crippen LogP contribution in [0.1, 0.15) is 23.0 Å². The first-order valence-corrected chi connectivity index (χ1v) is 7.10. The van der Waals surface area contributed by atoms with Crippen LogP contribution >= 0.6 is 0 Å². The Morgan fingerprint density at radius 3 is 1.29 bits per heavy atom. The molecular weight excluding hydrogens is 304 g/mol. The van der Waals surface area contributed by atoms with E-state index in [4.69, 9.17) is 0 Å². The monoisotopic (exact) mass is 318 g/mol. The zero-order valence-electron chi connectivity index (χ0n) is 12.6. The van der Waals surface area contributed by atoms with Crippen molar-refractivity contribution in [2.45, 2.75) is 11.8 Å². The molecule has 6 heteroatoms. The van der Waals surface area contributed by atoms with Gasteiger partial charge in [0.2, 0.25) is 0 Å². The van der Waals surface area contributed by atoms with Gasteiger partial charge in [-0.25, -0.2) is 0 Å². The summed E-state index contributed by atoms with van der Waals surface area (Å²) < 4.78 is 0. The summed E-state index contributed by atoms with van der Waals surface area (Å²) in [5.74, 6) is -1.94. The number of nitrogens with zero attached hydrogens (tertiary/aromatic N) is 4. The fourth-order valence-corrected chi connectivity index (χ4v) is 2.39. The fraction of sp³-hybridized carbons (Fsp3) is 0.111. The maximum Gasteiger partial charge on any atom is 0.128 e. The average molecular weight is 318 g/mol. The van der Waals surface area contributed by atoms with Gasteiger partial charge in [0.05, 0.1) is 12.1 Å². The third-order valence-corrected chi connectivity index (χ3v) is 3.55. The van der Waals surface area contributed by atoms with Gasteiger partial charge < -0.3 is 10.4 Å². The summed E-state index contributed by atoms with van der Waals surface area (Å²) >= 11 is 0. The van der Waals surface area contributed by atoms with Crippen molar-refractivity contribution >= 4 is 11.4 Å². The smallest absolute Gasteiger partial charge is 0.128 e. The van der Waals surface area contributed by atoms with E-state index in [1.807, 2.05) is 12.1 Å². The molecule has 2 aromatic rings. The first kappa shape index (κ1) is 16.7. The quantitative estimate of drug-likeness (QED) is 0.500. The molecule has 118 valence electrons. The predicted octanol–water partition coefficient (Wildman–Crippen LogP) is 3.26. The van der Waals surface area contributed by atoms with Crippen LogP contribution in [0.2, 0.25) is 0 Å². The lowest BCUT2D eigenvalue weighted by atomic mass is 9.85. The van der Waals surface area contributed by atoms with E-state index in [-0.39, 0.29) is 11.4 Å². The molecule has 2 atom stereocenters. The largest absolute Gasteiger partial charge is 0.411 e. The number of benzene rings is 2. The molecule has 0 saturated carbocycles. The van der Waals surface area contributed by atoms with Crippen LogP contribution in [0.15, 0.2) is 71.0 Å². The van der Waals surface area contributed by atoms with Crippen molar-refractivity contribution in [1.82, 2.24) is 0 Å². The highest BCUT2D eigenvalue weighted by Gasteiger charge is 2.31. The second-order valence-electron chi connectivity index (χ2n) is 4.92. The minimum Gasteiger partial charge on any atom is -0.411 e. The Morgan fingerprint density at radius 1 is 0.708 bits per heavy atom. The molecule has 0 spiro atoms. The molecule has 0 radical (unpaired) electrons. The van der Waals surface area contributed by atoms with Gasteiger partial charge in [-0.2, -0.15) is 10.5 Å². The van der Waals surface area contributed by atoms with Gasteiger partial charge in [-0.1, -0.05) is 71.0 Å². The number of hydrogen-bond acceptors (Lipinski definition) is 6. The molecule has 2 rings (SSSR count). The van der Waals surface area contributed by atoms with Crippen molar-refractivity contribution in [3.8, 4) is 12.1 Å². The molecule has 0 heterocycles. The molecule has 0 aliphatic heterocycles. The summed E-state index contributed by atoms with van der Waals surface area (Å²) in [4.78, 5) is 0. The number of hydrogen-bond donors (Lipinski definition) is 2. The number of oxime groups is 2. The molecule has 0 bridgehead atoms. The maximum atomic E-state index is 9.49. The van der Waals surface area contributed by atoms with Gasteiger partial charge in [0.25, 0.3) is 0 Å². The van der Waals surface area contributed by atoms with E-state index in [0.717, 1.165) is 0 Å². The van der Waals surface area contributed by atoms with E-state index >= 15 is 0 Å². The summed E-state index contributed by atoms with van der Waals surface area (Å²) in [5, 5.41) is 44.1. The highest BCUT2D eigenvalue weighted by Crippen LogP contribution is 2.24. The lowest BCUT2D eigenvalue weighted by molar-refractivity contribution is 0.312. The van der Waals surface area contributed by atoms with Crippen LogP contribution in [0.5, 0.6) is 0 Å². The normalized spacial score (nSPS) is 14.2. The van der Waals surface area contributed by atoms with Gasteiger partial charge in [-0.05, 0) is 11.1 Å². The van der Waals surface area contributed by atoms with Crippen LogP contribution in [0, 0.1) is 22.7 Å². The molecular formula is C18H14N4O2. The van der Waals surface area contributed by atoms with Crippen molar-refractivity contribution in [3.63, 3.8) is 0 Å². The third-order valence-electron chi connectivity index (χ3n) is 3.55. The van der Waals surface area contributed by atoms with E-state index in [9.17, 15) is 20.9 Å². The molecule has 2 unspecified atom stereocenters. The molecule has 2 N–H and O–H groups in total. The lowest BCUT2D eigenvalue weighted by Gasteiger charge is -2.16. The van der Waals surface area contributed by atoms with Crippen molar-refractivity contribution < 1.29 is 10.4 Å². The van der Waals surface area contributed by atoms with E-state index in [1.54, 1.807) is 60.7 Å². The minimum absolute atomic E-state index is 0.165. The summed E-state index contributed by atoms with van der Waals surface area (Å²) in [5.41, 5.74) is 0.806. The molecule has 0 fully saturated rings. The van der Waals surface area contributed by atoms with Crippen LogP contribution in [0.3, 0.4) is 0 Å². The fourth-order valence-electron chi connectivity index (χ4n) is 2.39. The highest BCUT2D eigenvalue weighted by molar-refractivity contribution is 6.46. The predicted molar refractivity (Wildman–Crippen MR) is 88.0 cm³/mol. The Bertz CT molecular complexity index is 746. The standard InChI is InChI=1S/C18H14N4O2/c19-11-15(13-7-3-1-4-8-13)17(21-23)18(22-24)16(12-20)14-9-5-2-6-10-14/h1-10,15-16,23-24H. The van der Waals surface area contributed by atoms with Crippen molar-refractivity contribution in [1.29, 1.82) is 10.5 Å². The molecule has 24 heavy (non-hydrogen) atoms. The van der Waals surface area contributed by atoms with E-state index in [2.05, 4.69) is 10.3 Å². The van der Waals surface area contributed by atoms with Crippen LogP contribution in [0.25, 0.3) is 0 Å². The van der Waals surface area contributed by atoms with Crippen molar-refractivity contribution in [3.05, 3.63) is 71.8 Å². The molecule has 6 nitrogen and oxygen atoms in total. The van der Waals surface area contributed by atoms with Crippen LogP contribution in [-0.4, -0.2) is 21.8 Å². The SMILES string of the molecule is N#CC(C(=NO)C(=NO)C(C#N)c1ccccc1)c1ccccc1. The summed E-state index contributed by atoms with van der Waals surface area (Å²) in [6.07, 6.45) is 0. The van der Waals surface area contributed by atoms with Gasteiger partial charge in [0, 0.05) is 0 Å². The Balaban J connectivity index is 2.48. The maximum absolute atomic E-state index is 9.49. The molecule has 0 aromatic heterocycles. The van der Waals surface area contributed by atoms with E-state index in [1.165, 1.54) is 0 Å². The highest BCUT2D eigenvalue weighted by atomic mass is 16.4. The Kier molecular flexibility index (Phi) is 5.65. The van der Waals surface area contributed by atoms with Crippen LogP contribution in [-0.2, 0) is 0 Å². The van der Waals surface area contributed by atoms with Gasteiger partial charge in [0.1, 0.15) is 23.3 Å². The Hall–Kier alpha value is -3.64. The average Bonchev–Trinajstić information content (AvgIpc) is 2.66. The minimum atomic E-state index is -0.971. The molecule has 0 amide bonds. The van der Waals surface area contributed by atoms with Gasteiger partial charge in [-0.15, -0.1) is 0 Å². The first-order valence-electron chi connectivity index (χ1n) is 7.10. The topological polar surface area (TPSA) is 113 Å². The lowest BCUT2D eigenvalue weighted by Crippen LogP contribution is -2.27. The second-order valence-corrected chi connectivity index (χ2v) is 4.92. The van der Waals surface area contributed by atoms with Gasteiger partial charge in [-0.3, -0.25) is 0 Å². The summed E-state index contributed by atoms with van der Waals surface area (Å²) in [6, 6.07) is 21.3. The summed E-state index contributed by atoms with van der Waals surface area (Å²) in [6.45, 7) is 0. The molecule has 0 aliphatic carbocycles. The van der Waals surface area contributed by atoms with Crippen LogP contribution in [0.4, 0.5) is 0 Å². The number of rotatable bonds is 5. The van der Waals surface area contributed by atoms with Crippen molar-refractivity contribution in [2.75, 3.05) is 0 Å². The molecule has 0 aliphatic rings. The van der Waals surface area contributed by atoms with Gasteiger partial charge >= 0.3 is 0 Å². The Morgan fingerprint density at radius 2 is 1.04 bits per heavy atom. The second kappa shape index (κ2) is 8.11. The third kappa shape index (κ3) is 3.40. The molecule has 2 aromatic carbocycles. The Labute approximate surface area is 139 Å². The zero-order chi connectivity index (χ0) is 17.4. The summed E-state index contributed by atoms with van der Waals surface area (Å²) in [7, 11) is 0. The van der Waals surface area contributed by atoms with E-state index in [0.29, 0.717) is 11.1 Å². The van der Waals surface area contributed by atoms with Crippen LogP contribution < -0.4 is 0 Å². The number of nitriles is 2. The zero-order valence-corrected chi connectivity index (χ0v) is 12.6. The first-order chi connectivity index (χ1) is 11.8. The van der Waals surface area contributed by atoms with Gasteiger partial charge in [0.15, 0.2) is 0 Å².